The van der Waals surface area contributed by atoms with E-state index in [-0.39, 0.29) is 5.91 Å². The second-order valence-corrected chi connectivity index (χ2v) is 5.64. The zero-order valence-corrected chi connectivity index (χ0v) is 15.1. The number of nitrogens with one attached hydrogen (secondary N) is 2. The first-order valence-electron chi connectivity index (χ1n) is 8.18. The van der Waals surface area contributed by atoms with E-state index in [1.807, 2.05) is 35.0 Å². The van der Waals surface area contributed by atoms with Crippen LogP contribution in [0.1, 0.15) is 15.9 Å². The number of benzene rings is 2. The lowest BCUT2D eigenvalue weighted by Gasteiger charge is -2.13. The molecule has 1 amide bonds. The monoisotopic (exact) mass is 364 g/mol. The third kappa shape index (κ3) is 4.09. The minimum atomic E-state index is -0.313. The molecule has 0 fully saturated rings. The number of amides is 1. The van der Waals surface area contributed by atoms with Crippen LogP contribution in [0.4, 0.5) is 0 Å². The third-order valence-electron chi connectivity index (χ3n) is 3.99. The van der Waals surface area contributed by atoms with Gasteiger partial charge in [-0.05, 0) is 35.9 Å². The number of imidazole rings is 1. The molecule has 0 bridgehead atoms. The van der Waals surface area contributed by atoms with Crippen molar-refractivity contribution in [3.63, 3.8) is 0 Å². The molecular formula is C20H20N4O3. The molecule has 1 heterocycles. The van der Waals surface area contributed by atoms with E-state index < -0.39 is 0 Å². The molecule has 27 heavy (non-hydrogen) atoms. The van der Waals surface area contributed by atoms with Gasteiger partial charge in [0.1, 0.15) is 0 Å². The van der Waals surface area contributed by atoms with Crippen LogP contribution in [-0.2, 0) is 0 Å². The minimum absolute atomic E-state index is 0.313. The van der Waals surface area contributed by atoms with E-state index in [4.69, 9.17) is 9.47 Å². The summed E-state index contributed by atoms with van der Waals surface area (Å²) < 4.78 is 12.3. The normalized spacial score (nSPS) is 10.1. The summed E-state index contributed by atoms with van der Waals surface area (Å²) in [5.74, 6) is 0.732. The van der Waals surface area contributed by atoms with E-state index >= 15 is 0 Å². The number of ether oxygens (including phenoxy) is 2. The maximum absolute atomic E-state index is 12.3. The van der Waals surface area contributed by atoms with E-state index in [0.29, 0.717) is 22.8 Å². The highest BCUT2D eigenvalue weighted by Gasteiger charge is 2.11. The van der Waals surface area contributed by atoms with Crippen molar-refractivity contribution in [2.75, 3.05) is 14.2 Å². The van der Waals surface area contributed by atoms with Crippen LogP contribution in [0.3, 0.4) is 0 Å². The van der Waals surface area contributed by atoms with Crippen molar-refractivity contribution in [3.8, 4) is 17.2 Å². The molecule has 3 rings (SSSR count). The largest absolute Gasteiger partial charge is 0.493 e. The quantitative estimate of drug-likeness (QED) is 0.631. The van der Waals surface area contributed by atoms with Crippen LogP contribution >= 0.6 is 0 Å². The van der Waals surface area contributed by atoms with Gasteiger partial charge in [-0.25, -0.2) is 4.98 Å². The molecule has 0 atom stereocenters. The summed E-state index contributed by atoms with van der Waals surface area (Å²) in [6.45, 7) is 3.95. The van der Waals surface area contributed by atoms with Crippen molar-refractivity contribution < 1.29 is 14.3 Å². The number of hydrogen-bond acceptors (Lipinski definition) is 5. The Hall–Kier alpha value is -3.74. The molecule has 0 aliphatic rings. The Kier molecular flexibility index (Phi) is 5.41. The maximum atomic E-state index is 12.3. The van der Waals surface area contributed by atoms with Crippen molar-refractivity contribution in [2.24, 2.45) is 0 Å². The molecule has 0 radical (unpaired) electrons. The Balaban J connectivity index is 1.62. The van der Waals surface area contributed by atoms with Gasteiger partial charge in [0, 0.05) is 23.6 Å². The molecule has 2 N–H and O–H groups in total. The SMILES string of the molecule is C=C(NNC(=O)c1ccc(OC)c(OC)c1)c1ccc(-n2ccnc2)cc1. The summed E-state index contributed by atoms with van der Waals surface area (Å²) in [5.41, 5.74) is 8.30. The predicted molar refractivity (Wildman–Crippen MR) is 103 cm³/mol. The Labute approximate surface area is 157 Å². The molecule has 3 aromatic rings. The zero-order chi connectivity index (χ0) is 19.2. The van der Waals surface area contributed by atoms with Crippen molar-refractivity contribution in [2.45, 2.75) is 0 Å². The first kappa shape index (κ1) is 18.1. The molecule has 138 valence electrons. The van der Waals surface area contributed by atoms with Gasteiger partial charge in [0.05, 0.1) is 26.2 Å². The number of carbonyl (C=O) groups is 1. The van der Waals surface area contributed by atoms with E-state index in [2.05, 4.69) is 22.4 Å². The van der Waals surface area contributed by atoms with Crippen LogP contribution in [0.15, 0.2) is 67.8 Å². The number of methoxy groups -OCH3 is 2. The van der Waals surface area contributed by atoms with E-state index in [9.17, 15) is 4.79 Å². The molecule has 0 aliphatic heterocycles. The first-order valence-corrected chi connectivity index (χ1v) is 8.18. The van der Waals surface area contributed by atoms with Crippen molar-refractivity contribution >= 4 is 11.6 Å². The van der Waals surface area contributed by atoms with Crippen LogP contribution in [0, 0.1) is 0 Å². The predicted octanol–water partition coefficient (Wildman–Crippen LogP) is 2.79. The molecule has 0 unspecified atom stereocenters. The van der Waals surface area contributed by atoms with Gasteiger partial charge in [0.2, 0.25) is 0 Å². The number of hydrazine groups is 1. The molecule has 0 saturated carbocycles. The maximum Gasteiger partial charge on any atom is 0.269 e. The number of carbonyl (C=O) groups excluding carboxylic acids is 1. The summed E-state index contributed by atoms with van der Waals surface area (Å²) in [6.07, 6.45) is 5.31. The van der Waals surface area contributed by atoms with Gasteiger partial charge in [0.15, 0.2) is 11.5 Å². The lowest BCUT2D eigenvalue weighted by molar-refractivity contribution is 0.0942. The topological polar surface area (TPSA) is 77.4 Å². The Morgan fingerprint density at radius 3 is 2.33 bits per heavy atom. The van der Waals surface area contributed by atoms with Crippen molar-refractivity contribution in [3.05, 3.63) is 78.9 Å². The minimum Gasteiger partial charge on any atom is -0.493 e. The van der Waals surface area contributed by atoms with Crippen LogP contribution in [0.2, 0.25) is 0 Å². The summed E-state index contributed by atoms with van der Waals surface area (Å²) in [4.78, 5) is 16.4. The highest BCUT2D eigenvalue weighted by Crippen LogP contribution is 2.27. The molecule has 0 spiro atoms. The summed E-state index contributed by atoms with van der Waals surface area (Å²) in [7, 11) is 3.06. The van der Waals surface area contributed by atoms with Gasteiger partial charge in [-0.15, -0.1) is 0 Å². The highest BCUT2D eigenvalue weighted by molar-refractivity contribution is 5.95. The Morgan fingerprint density at radius 2 is 1.70 bits per heavy atom. The van der Waals surface area contributed by atoms with E-state index in [0.717, 1.165) is 11.3 Å². The molecule has 7 heteroatoms. The Bertz CT molecular complexity index is 934. The summed E-state index contributed by atoms with van der Waals surface area (Å²) in [6, 6.07) is 12.7. The lowest BCUT2D eigenvalue weighted by atomic mass is 10.1. The van der Waals surface area contributed by atoms with Gasteiger partial charge in [-0.3, -0.25) is 15.6 Å². The van der Waals surface area contributed by atoms with Crippen molar-refractivity contribution in [1.29, 1.82) is 0 Å². The fraction of sp³-hybridized carbons (Fsp3) is 0.100. The number of hydrogen-bond donors (Lipinski definition) is 2. The van der Waals surface area contributed by atoms with Gasteiger partial charge in [-0.2, -0.15) is 0 Å². The molecular weight excluding hydrogens is 344 g/mol. The summed E-state index contributed by atoms with van der Waals surface area (Å²) in [5, 5.41) is 0. The highest BCUT2D eigenvalue weighted by atomic mass is 16.5. The molecule has 2 aromatic carbocycles. The summed E-state index contributed by atoms with van der Waals surface area (Å²) >= 11 is 0. The zero-order valence-electron chi connectivity index (χ0n) is 15.1. The van der Waals surface area contributed by atoms with Gasteiger partial charge in [0.25, 0.3) is 5.91 Å². The Morgan fingerprint density at radius 1 is 1.00 bits per heavy atom. The smallest absolute Gasteiger partial charge is 0.269 e. The lowest BCUT2D eigenvalue weighted by Crippen LogP contribution is -2.35. The third-order valence-corrected chi connectivity index (χ3v) is 3.99. The van der Waals surface area contributed by atoms with Crippen LogP contribution in [0.25, 0.3) is 11.4 Å². The van der Waals surface area contributed by atoms with Gasteiger partial charge in [-0.1, -0.05) is 18.7 Å². The standard InChI is InChI=1S/C20H20N4O3/c1-14(15-4-7-17(8-5-15)24-11-10-21-13-24)22-23-20(25)16-6-9-18(26-2)19(12-16)27-3/h4-13,22H,1H2,2-3H3,(H,23,25). The average Bonchev–Trinajstić information content (AvgIpc) is 3.26. The molecule has 0 saturated heterocycles. The number of aromatic nitrogens is 2. The van der Waals surface area contributed by atoms with Crippen LogP contribution in [-0.4, -0.2) is 29.7 Å². The number of nitrogens with zero attached hydrogens (tertiary/aromatic N) is 2. The fourth-order valence-corrected chi connectivity index (χ4v) is 2.50. The van der Waals surface area contributed by atoms with Crippen molar-refractivity contribution in [1.82, 2.24) is 20.4 Å². The molecule has 0 aliphatic carbocycles. The second kappa shape index (κ2) is 8.09. The second-order valence-electron chi connectivity index (χ2n) is 5.64. The average molecular weight is 364 g/mol. The van der Waals surface area contributed by atoms with Gasteiger partial charge < -0.3 is 14.0 Å². The number of rotatable bonds is 7. The van der Waals surface area contributed by atoms with Gasteiger partial charge >= 0.3 is 0 Å². The van der Waals surface area contributed by atoms with Crippen LogP contribution in [0.5, 0.6) is 11.5 Å². The van der Waals surface area contributed by atoms with E-state index in [1.54, 1.807) is 37.8 Å². The molecule has 1 aromatic heterocycles. The molecule has 7 nitrogen and oxygen atoms in total. The van der Waals surface area contributed by atoms with E-state index in [1.165, 1.54) is 7.11 Å². The fourth-order valence-electron chi connectivity index (χ4n) is 2.50. The first-order chi connectivity index (χ1) is 13.1. The van der Waals surface area contributed by atoms with Crippen LogP contribution < -0.4 is 20.3 Å².